The maximum absolute atomic E-state index is 12.4. The van der Waals surface area contributed by atoms with Gasteiger partial charge in [-0.15, -0.1) is 0 Å². The number of hydrogen-bond donors (Lipinski definition) is 2. The van der Waals surface area contributed by atoms with Crippen molar-refractivity contribution in [3.63, 3.8) is 0 Å². The molecule has 1 saturated heterocycles. The number of carboxylic acids is 1. The van der Waals surface area contributed by atoms with Crippen molar-refractivity contribution in [3.05, 3.63) is 48.7 Å². The van der Waals surface area contributed by atoms with Gasteiger partial charge in [0.15, 0.2) is 0 Å². The van der Waals surface area contributed by atoms with Crippen LogP contribution in [0, 0.1) is 5.92 Å². The van der Waals surface area contributed by atoms with Crippen LogP contribution in [0.25, 0.3) is 11.3 Å². The van der Waals surface area contributed by atoms with Gasteiger partial charge in [0, 0.05) is 23.9 Å². The van der Waals surface area contributed by atoms with E-state index in [4.69, 9.17) is 9.84 Å². The fraction of sp³-hybridized carbons (Fsp3) is 0.316. The molecule has 1 aromatic heterocycles. The van der Waals surface area contributed by atoms with Crippen LogP contribution in [-0.4, -0.2) is 34.7 Å². The molecule has 25 heavy (non-hydrogen) atoms. The van der Waals surface area contributed by atoms with Crippen LogP contribution in [0.4, 0.5) is 5.69 Å². The SMILES string of the molecule is O=C(O)CCC1CC(C(=O)Nc2ccnc(-c3ccccc3)c2)CO1. The topological polar surface area (TPSA) is 88.5 Å². The van der Waals surface area contributed by atoms with E-state index in [-0.39, 0.29) is 24.3 Å². The number of nitrogens with one attached hydrogen (secondary N) is 1. The Labute approximate surface area is 145 Å². The molecule has 1 aliphatic heterocycles. The number of rotatable bonds is 6. The molecule has 1 fully saturated rings. The number of nitrogens with zero attached hydrogens (tertiary/aromatic N) is 1. The third kappa shape index (κ3) is 4.64. The maximum atomic E-state index is 12.4. The van der Waals surface area contributed by atoms with Gasteiger partial charge < -0.3 is 15.2 Å². The van der Waals surface area contributed by atoms with E-state index in [1.165, 1.54) is 0 Å². The Balaban J connectivity index is 1.59. The highest BCUT2D eigenvalue weighted by molar-refractivity contribution is 5.93. The van der Waals surface area contributed by atoms with Crippen LogP contribution in [-0.2, 0) is 14.3 Å². The van der Waals surface area contributed by atoms with E-state index >= 15 is 0 Å². The molecule has 3 rings (SSSR count). The van der Waals surface area contributed by atoms with Crippen LogP contribution >= 0.6 is 0 Å². The minimum absolute atomic E-state index is 0.0593. The first-order chi connectivity index (χ1) is 12.1. The van der Waals surface area contributed by atoms with E-state index in [9.17, 15) is 9.59 Å². The van der Waals surface area contributed by atoms with E-state index in [0.717, 1.165) is 11.3 Å². The van der Waals surface area contributed by atoms with Gasteiger partial charge in [0.25, 0.3) is 0 Å². The molecule has 0 saturated carbocycles. The van der Waals surface area contributed by atoms with Crippen molar-refractivity contribution in [2.45, 2.75) is 25.4 Å². The second kappa shape index (κ2) is 7.90. The average Bonchev–Trinajstić information content (AvgIpc) is 3.10. The average molecular weight is 340 g/mol. The number of aromatic nitrogens is 1. The van der Waals surface area contributed by atoms with E-state index in [0.29, 0.717) is 25.1 Å². The van der Waals surface area contributed by atoms with E-state index in [2.05, 4.69) is 10.3 Å². The molecule has 6 heteroatoms. The molecule has 0 radical (unpaired) electrons. The normalized spacial score (nSPS) is 19.5. The third-order valence-electron chi connectivity index (χ3n) is 4.23. The van der Waals surface area contributed by atoms with Gasteiger partial charge in [0.1, 0.15) is 0 Å². The van der Waals surface area contributed by atoms with Crippen molar-refractivity contribution in [3.8, 4) is 11.3 Å². The summed E-state index contributed by atoms with van der Waals surface area (Å²) in [6.45, 7) is 0.326. The standard InChI is InChI=1S/C19H20N2O4/c22-18(23)7-6-16-10-14(12-25-16)19(24)21-15-8-9-20-17(11-15)13-4-2-1-3-5-13/h1-5,8-9,11,14,16H,6-7,10,12H2,(H,22,23)(H,20,21,24). The van der Waals surface area contributed by atoms with Gasteiger partial charge in [-0.25, -0.2) is 0 Å². The Kier molecular flexibility index (Phi) is 5.40. The molecule has 0 aliphatic carbocycles. The van der Waals surface area contributed by atoms with Crippen LogP contribution in [0.15, 0.2) is 48.7 Å². The van der Waals surface area contributed by atoms with Crippen LogP contribution in [0.5, 0.6) is 0 Å². The summed E-state index contributed by atoms with van der Waals surface area (Å²) in [7, 11) is 0. The molecule has 130 valence electrons. The van der Waals surface area contributed by atoms with Crippen LogP contribution in [0.1, 0.15) is 19.3 Å². The first-order valence-corrected chi connectivity index (χ1v) is 8.27. The molecule has 2 unspecified atom stereocenters. The Morgan fingerprint density at radius 2 is 2.04 bits per heavy atom. The van der Waals surface area contributed by atoms with E-state index in [1.807, 2.05) is 36.4 Å². The highest BCUT2D eigenvalue weighted by atomic mass is 16.5. The van der Waals surface area contributed by atoms with Gasteiger partial charge in [-0.1, -0.05) is 30.3 Å². The second-order valence-electron chi connectivity index (χ2n) is 6.11. The number of carboxylic acid groups (broad SMARTS) is 1. The first kappa shape index (κ1) is 17.1. The summed E-state index contributed by atoms with van der Waals surface area (Å²) < 4.78 is 5.53. The lowest BCUT2D eigenvalue weighted by molar-refractivity contribution is -0.137. The molecule has 1 aromatic carbocycles. The lowest BCUT2D eigenvalue weighted by atomic mass is 10.0. The van der Waals surface area contributed by atoms with E-state index < -0.39 is 5.97 Å². The Morgan fingerprint density at radius 1 is 1.24 bits per heavy atom. The molecule has 2 atom stereocenters. The van der Waals surface area contributed by atoms with Crippen LogP contribution < -0.4 is 5.32 Å². The Hall–Kier alpha value is -2.73. The summed E-state index contributed by atoms with van der Waals surface area (Å²) in [5, 5.41) is 11.6. The Morgan fingerprint density at radius 3 is 2.80 bits per heavy atom. The van der Waals surface area contributed by atoms with Crippen molar-refractivity contribution in [1.29, 1.82) is 0 Å². The van der Waals surface area contributed by atoms with Gasteiger partial charge in [-0.3, -0.25) is 14.6 Å². The molecule has 0 spiro atoms. The third-order valence-corrected chi connectivity index (χ3v) is 4.23. The van der Waals surface area contributed by atoms with Crippen molar-refractivity contribution < 1.29 is 19.4 Å². The molecule has 1 amide bonds. The monoisotopic (exact) mass is 340 g/mol. The van der Waals surface area contributed by atoms with Gasteiger partial charge in [-0.2, -0.15) is 0 Å². The van der Waals surface area contributed by atoms with E-state index in [1.54, 1.807) is 12.3 Å². The first-order valence-electron chi connectivity index (χ1n) is 8.27. The Bertz CT molecular complexity index is 748. The van der Waals surface area contributed by atoms with Gasteiger partial charge in [0.05, 0.1) is 24.3 Å². The maximum Gasteiger partial charge on any atom is 0.303 e. The number of carbonyl (C=O) groups excluding carboxylic acids is 1. The molecular formula is C19H20N2O4. The number of hydrogen-bond acceptors (Lipinski definition) is 4. The van der Waals surface area contributed by atoms with Gasteiger partial charge in [-0.05, 0) is 25.0 Å². The van der Waals surface area contributed by atoms with Crippen LogP contribution in [0.3, 0.4) is 0 Å². The van der Waals surface area contributed by atoms with Crippen molar-refractivity contribution in [2.75, 3.05) is 11.9 Å². The summed E-state index contributed by atoms with van der Waals surface area (Å²) in [6.07, 6.45) is 2.55. The quantitative estimate of drug-likeness (QED) is 0.844. The lowest BCUT2D eigenvalue weighted by Gasteiger charge is -2.11. The predicted molar refractivity (Wildman–Crippen MR) is 93.0 cm³/mol. The van der Waals surface area contributed by atoms with Crippen molar-refractivity contribution >= 4 is 17.6 Å². The summed E-state index contributed by atoms with van der Waals surface area (Å²) in [6, 6.07) is 13.3. The lowest BCUT2D eigenvalue weighted by Crippen LogP contribution is -2.23. The van der Waals surface area contributed by atoms with Crippen LogP contribution in [0.2, 0.25) is 0 Å². The fourth-order valence-corrected chi connectivity index (χ4v) is 2.89. The molecule has 2 N–H and O–H groups in total. The highest BCUT2D eigenvalue weighted by Crippen LogP contribution is 2.25. The molecule has 1 aliphatic rings. The number of anilines is 1. The molecule has 2 aromatic rings. The summed E-state index contributed by atoms with van der Waals surface area (Å²) in [4.78, 5) is 27.4. The number of ether oxygens (including phenoxy) is 1. The zero-order chi connectivity index (χ0) is 17.6. The second-order valence-corrected chi connectivity index (χ2v) is 6.11. The summed E-state index contributed by atoms with van der Waals surface area (Å²) in [5.74, 6) is -1.21. The summed E-state index contributed by atoms with van der Waals surface area (Å²) >= 11 is 0. The molecule has 2 heterocycles. The highest BCUT2D eigenvalue weighted by Gasteiger charge is 2.31. The van der Waals surface area contributed by atoms with Crippen molar-refractivity contribution in [2.24, 2.45) is 5.92 Å². The number of carbonyl (C=O) groups is 2. The number of benzene rings is 1. The zero-order valence-electron chi connectivity index (χ0n) is 13.7. The minimum atomic E-state index is -0.846. The predicted octanol–water partition coefficient (Wildman–Crippen LogP) is 2.96. The molecule has 6 nitrogen and oxygen atoms in total. The summed E-state index contributed by atoms with van der Waals surface area (Å²) in [5.41, 5.74) is 2.46. The zero-order valence-corrected chi connectivity index (χ0v) is 13.7. The van der Waals surface area contributed by atoms with Gasteiger partial charge in [0.2, 0.25) is 5.91 Å². The minimum Gasteiger partial charge on any atom is -0.481 e. The largest absolute Gasteiger partial charge is 0.481 e. The van der Waals surface area contributed by atoms with Crippen molar-refractivity contribution in [1.82, 2.24) is 4.98 Å². The number of pyridine rings is 1. The molecule has 0 bridgehead atoms. The number of amides is 1. The molecular weight excluding hydrogens is 320 g/mol. The fourth-order valence-electron chi connectivity index (χ4n) is 2.89. The number of aliphatic carboxylic acids is 1. The smallest absolute Gasteiger partial charge is 0.303 e. The van der Waals surface area contributed by atoms with Gasteiger partial charge >= 0.3 is 5.97 Å².